The monoisotopic (exact) mass is 510 g/mol. The Labute approximate surface area is 218 Å². The highest BCUT2D eigenvalue weighted by Gasteiger charge is 2.44. The highest BCUT2D eigenvalue weighted by atomic mass is 16.6. The Morgan fingerprint density at radius 3 is 2.62 bits per heavy atom. The summed E-state index contributed by atoms with van der Waals surface area (Å²) in [5, 5.41) is 20.7. The van der Waals surface area contributed by atoms with Gasteiger partial charge >= 0.3 is 11.9 Å². The van der Waals surface area contributed by atoms with E-state index in [1.54, 1.807) is 0 Å². The predicted molar refractivity (Wildman–Crippen MR) is 138 cm³/mol. The maximum atomic E-state index is 12.2. The van der Waals surface area contributed by atoms with Gasteiger partial charge in [-0.15, -0.1) is 0 Å². The summed E-state index contributed by atoms with van der Waals surface area (Å²) in [6, 6.07) is 15.3. The molecule has 7 nitrogen and oxygen atoms in total. The summed E-state index contributed by atoms with van der Waals surface area (Å²) in [6.07, 6.45) is 4.09. The second-order valence-electron chi connectivity index (χ2n) is 10.2. The quantitative estimate of drug-likeness (QED) is 0.416. The van der Waals surface area contributed by atoms with Gasteiger partial charge in [0.15, 0.2) is 6.61 Å². The van der Waals surface area contributed by atoms with Crippen LogP contribution in [0.2, 0.25) is 0 Å². The summed E-state index contributed by atoms with van der Waals surface area (Å²) in [5.74, 6) is 0.685. The van der Waals surface area contributed by atoms with Crippen molar-refractivity contribution < 1.29 is 34.0 Å². The zero-order valence-corrected chi connectivity index (χ0v) is 21.5. The lowest BCUT2D eigenvalue weighted by Gasteiger charge is -2.32. The third-order valence-electron chi connectivity index (χ3n) is 7.81. The highest BCUT2D eigenvalue weighted by Crippen LogP contribution is 2.48. The van der Waals surface area contributed by atoms with Crippen molar-refractivity contribution >= 4 is 11.9 Å². The van der Waals surface area contributed by atoms with Crippen molar-refractivity contribution in [3.63, 3.8) is 0 Å². The Bertz CT molecular complexity index is 1040. The summed E-state index contributed by atoms with van der Waals surface area (Å²) < 4.78 is 16.2. The minimum atomic E-state index is -0.534. The molecule has 2 aromatic rings. The third-order valence-corrected chi connectivity index (χ3v) is 7.81. The molecule has 2 N–H and O–H groups in total. The van der Waals surface area contributed by atoms with E-state index in [2.05, 4.69) is 6.07 Å². The number of aliphatic hydroxyl groups is 2. The number of fused-ring (bicyclic) bond motifs is 2. The van der Waals surface area contributed by atoms with Crippen LogP contribution in [-0.2, 0) is 38.5 Å². The maximum absolute atomic E-state index is 12.2. The van der Waals surface area contributed by atoms with E-state index >= 15 is 0 Å². The molecule has 5 atom stereocenters. The van der Waals surface area contributed by atoms with Crippen LogP contribution in [0.4, 0.5) is 0 Å². The topological polar surface area (TPSA) is 102 Å². The average molecular weight is 511 g/mol. The molecular weight excluding hydrogens is 472 g/mol. The summed E-state index contributed by atoms with van der Waals surface area (Å²) in [5.41, 5.74) is 3.20. The number of carbonyl (C=O) groups is 2. The molecule has 0 unspecified atom stereocenters. The van der Waals surface area contributed by atoms with E-state index in [1.165, 1.54) is 5.56 Å². The summed E-state index contributed by atoms with van der Waals surface area (Å²) in [4.78, 5) is 24.1. The number of esters is 2. The van der Waals surface area contributed by atoms with Gasteiger partial charge in [-0.1, -0.05) is 49.4 Å². The Balaban J connectivity index is 1.23. The lowest BCUT2D eigenvalue weighted by Crippen LogP contribution is -2.28. The van der Waals surface area contributed by atoms with E-state index < -0.39 is 11.9 Å². The van der Waals surface area contributed by atoms with Gasteiger partial charge in [0.25, 0.3) is 0 Å². The number of benzene rings is 2. The standard InChI is InChI=1S/C30H38O7/c1-2-23(31)11-12-24-25-15-21-9-6-10-28(26(21)16-22(25)17-27(24)32)36-19-30(34)35-14-13-29(33)37-18-20-7-4-3-5-8-20/h3-10,22-25,27,31-32H,2,11-19H2,1H3/t22-,23-,24+,25-,27+/m0/s1. The van der Waals surface area contributed by atoms with E-state index in [-0.39, 0.29) is 44.4 Å². The molecule has 1 fully saturated rings. The second kappa shape index (κ2) is 13.1. The molecule has 2 aliphatic rings. The molecule has 2 aromatic carbocycles. The van der Waals surface area contributed by atoms with Gasteiger partial charge in [0.2, 0.25) is 0 Å². The lowest BCUT2D eigenvalue weighted by molar-refractivity contribution is -0.151. The van der Waals surface area contributed by atoms with Crippen LogP contribution in [0.3, 0.4) is 0 Å². The molecule has 0 spiro atoms. The Morgan fingerprint density at radius 1 is 1.03 bits per heavy atom. The number of carbonyl (C=O) groups excluding carboxylic acids is 2. The average Bonchev–Trinajstić information content (AvgIpc) is 3.22. The lowest BCUT2D eigenvalue weighted by atomic mass is 9.73. The smallest absolute Gasteiger partial charge is 0.344 e. The number of aliphatic hydroxyl groups excluding tert-OH is 2. The fourth-order valence-electron chi connectivity index (χ4n) is 5.77. The van der Waals surface area contributed by atoms with Crippen LogP contribution in [0.5, 0.6) is 5.75 Å². The van der Waals surface area contributed by atoms with Gasteiger partial charge in [0.05, 0.1) is 18.6 Å². The van der Waals surface area contributed by atoms with Gasteiger partial charge < -0.3 is 24.4 Å². The predicted octanol–water partition coefficient (Wildman–Crippen LogP) is 4.01. The van der Waals surface area contributed by atoms with Gasteiger partial charge in [0.1, 0.15) is 19.0 Å². The molecule has 0 aromatic heterocycles. The molecule has 4 rings (SSSR count). The van der Waals surface area contributed by atoms with Crippen molar-refractivity contribution in [2.24, 2.45) is 17.8 Å². The molecule has 0 bridgehead atoms. The van der Waals surface area contributed by atoms with E-state index in [0.717, 1.165) is 49.7 Å². The molecule has 1 saturated carbocycles. The normalized spacial score (nSPS) is 23.0. The van der Waals surface area contributed by atoms with Crippen molar-refractivity contribution in [1.29, 1.82) is 0 Å². The first-order valence-corrected chi connectivity index (χ1v) is 13.4. The number of rotatable bonds is 12. The number of ether oxygens (including phenoxy) is 3. The molecule has 0 amide bonds. The van der Waals surface area contributed by atoms with Crippen LogP contribution < -0.4 is 4.74 Å². The van der Waals surface area contributed by atoms with Crippen LogP contribution in [0.1, 0.15) is 55.7 Å². The van der Waals surface area contributed by atoms with Crippen LogP contribution in [-0.4, -0.2) is 47.6 Å². The summed E-state index contributed by atoms with van der Waals surface area (Å²) in [6.45, 7) is 1.88. The highest BCUT2D eigenvalue weighted by molar-refractivity contribution is 5.73. The largest absolute Gasteiger partial charge is 0.482 e. The Hall–Kier alpha value is -2.90. The summed E-state index contributed by atoms with van der Waals surface area (Å²) >= 11 is 0. The SMILES string of the molecule is CC[C@H](O)CC[C@@H]1[C@H]2Cc3cccc(OCC(=O)OCCC(=O)OCc4ccccc4)c3C[C@H]2C[C@H]1O. The molecule has 0 radical (unpaired) electrons. The van der Waals surface area contributed by atoms with Crippen LogP contribution >= 0.6 is 0 Å². The van der Waals surface area contributed by atoms with Crippen molar-refractivity contribution in [1.82, 2.24) is 0 Å². The van der Waals surface area contributed by atoms with E-state index in [0.29, 0.717) is 17.6 Å². The van der Waals surface area contributed by atoms with Crippen LogP contribution in [0.25, 0.3) is 0 Å². The second-order valence-corrected chi connectivity index (χ2v) is 10.2. The molecule has 0 aliphatic heterocycles. The molecular formula is C30H38O7. The van der Waals surface area contributed by atoms with Crippen molar-refractivity contribution in [2.75, 3.05) is 13.2 Å². The fourth-order valence-corrected chi connectivity index (χ4v) is 5.77. The number of hydrogen-bond acceptors (Lipinski definition) is 7. The Kier molecular flexibility index (Phi) is 9.58. The Morgan fingerprint density at radius 2 is 1.84 bits per heavy atom. The molecule has 200 valence electrons. The molecule has 7 heteroatoms. The first-order valence-electron chi connectivity index (χ1n) is 13.4. The van der Waals surface area contributed by atoms with Gasteiger partial charge in [0, 0.05) is 0 Å². The fraction of sp³-hybridized carbons (Fsp3) is 0.533. The zero-order chi connectivity index (χ0) is 26.2. The van der Waals surface area contributed by atoms with E-state index in [9.17, 15) is 19.8 Å². The van der Waals surface area contributed by atoms with Gasteiger partial charge in [-0.3, -0.25) is 4.79 Å². The van der Waals surface area contributed by atoms with Crippen molar-refractivity contribution in [3.8, 4) is 5.75 Å². The van der Waals surface area contributed by atoms with Gasteiger partial charge in [-0.2, -0.15) is 0 Å². The zero-order valence-electron chi connectivity index (χ0n) is 21.5. The minimum Gasteiger partial charge on any atom is -0.482 e. The molecule has 0 heterocycles. The third kappa shape index (κ3) is 7.33. The molecule has 2 aliphatic carbocycles. The first-order chi connectivity index (χ1) is 17.9. The minimum absolute atomic E-state index is 0.0127. The van der Waals surface area contributed by atoms with Crippen LogP contribution in [0, 0.1) is 17.8 Å². The maximum Gasteiger partial charge on any atom is 0.344 e. The van der Waals surface area contributed by atoms with Gasteiger partial charge in [-0.05, 0) is 79.0 Å². The number of hydrogen-bond donors (Lipinski definition) is 2. The molecule has 0 saturated heterocycles. The van der Waals surface area contributed by atoms with E-state index in [4.69, 9.17) is 14.2 Å². The van der Waals surface area contributed by atoms with Gasteiger partial charge in [-0.25, -0.2) is 4.79 Å². The first kappa shape index (κ1) is 27.1. The van der Waals surface area contributed by atoms with Crippen molar-refractivity contribution in [2.45, 2.75) is 70.7 Å². The van der Waals surface area contributed by atoms with Crippen molar-refractivity contribution in [3.05, 3.63) is 65.2 Å². The molecule has 37 heavy (non-hydrogen) atoms. The van der Waals surface area contributed by atoms with Crippen LogP contribution in [0.15, 0.2) is 48.5 Å². The summed E-state index contributed by atoms with van der Waals surface area (Å²) in [7, 11) is 0. The van der Waals surface area contributed by atoms with E-state index in [1.807, 2.05) is 49.4 Å².